The molecule has 15 nitrogen and oxygen atoms in total. The van der Waals surface area contributed by atoms with Crippen molar-refractivity contribution in [1.29, 1.82) is 10.5 Å². The highest BCUT2D eigenvalue weighted by Gasteiger charge is 2.66. The average molecular weight is 924 g/mol. The van der Waals surface area contributed by atoms with Crippen molar-refractivity contribution in [3.8, 4) is 23.6 Å². The highest BCUT2D eigenvalue weighted by atomic mass is 35.5. The molecule has 0 spiro atoms. The molecule has 338 valence electrons. The number of anilines is 6. The fourth-order valence-corrected chi connectivity index (χ4v) is 6.51. The summed E-state index contributed by atoms with van der Waals surface area (Å²) in [4.78, 5) is 33.4. The zero-order valence-electron chi connectivity index (χ0n) is 35.8. The third kappa shape index (κ3) is 10.7. The van der Waals surface area contributed by atoms with Crippen LogP contribution >= 0.6 is 11.6 Å². The van der Waals surface area contributed by atoms with E-state index in [1.54, 1.807) is 63.5 Å². The Bertz CT molecular complexity index is 3110. The molecule has 0 fully saturated rings. The number of hydrogen-bond acceptors (Lipinski definition) is 13. The summed E-state index contributed by atoms with van der Waals surface area (Å²) in [6.45, 7) is 10.8. The summed E-state index contributed by atoms with van der Waals surface area (Å²) >= 11 is 6.00. The van der Waals surface area contributed by atoms with Crippen LogP contribution in [0.1, 0.15) is 52.9 Å². The maximum absolute atomic E-state index is 13.6. The number of halogens is 5. The van der Waals surface area contributed by atoms with Gasteiger partial charge in [0.15, 0.2) is 11.5 Å². The van der Waals surface area contributed by atoms with Crippen LogP contribution in [0, 0.1) is 22.7 Å². The van der Waals surface area contributed by atoms with Crippen molar-refractivity contribution in [3.05, 3.63) is 120 Å². The number of nitrogens with zero attached hydrogens (tertiary/aromatic N) is 6. The first-order valence-corrected chi connectivity index (χ1v) is 20.1. The number of carbonyl (C=O) groups is 2. The van der Waals surface area contributed by atoms with E-state index in [9.17, 15) is 32.4 Å². The lowest BCUT2D eigenvalue weighted by molar-refractivity contribution is -0.391. The predicted molar refractivity (Wildman–Crippen MR) is 237 cm³/mol. The number of alkyl halides is 4. The molecule has 0 radical (unpaired) electrons. The molecule has 1 aliphatic heterocycles. The SMILES string of the molecule is CC(C)(C)OC(=O)n1ccc2ccc(Nc3cc(Cl)cc(C#N)n3)cc21.CC(C)(C)OC(=O)n1ccc2ccc(Nc3cc(Nc4ccc5c(c4)OC(F)(F)C(F)(F)O5)cc(C#N)n3)cc21. The quantitative estimate of drug-likeness (QED) is 0.134. The van der Waals surface area contributed by atoms with E-state index in [2.05, 4.69) is 35.4 Å². The maximum Gasteiger partial charge on any atom is 0.507 e. The maximum atomic E-state index is 13.6. The average Bonchev–Trinajstić information content (AvgIpc) is 3.84. The topological polar surface area (TPSA) is 190 Å². The van der Waals surface area contributed by atoms with Gasteiger partial charge in [0.25, 0.3) is 0 Å². The van der Waals surface area contributed by atoms with Gasteiger partial charge in [0.1, 0.15) is 46.4 Å². The summed E-state index contributed by atoms with van der Waals surface area (Å²) in [5.41, 5.74) is 2.04. The zero-order chi connectivity index (χ0) is 47.8. The highest BCUT2D eigenvalue weighted by Crippen LogP contribution is 2.48. The first-order chi connectivity index (χ1) is 31.0. The first kappa shape index (κ1) is 46.0. The number of hydrogen-bond donors (Lipinski definition) is 3. The number of rotatable bonds is 6. The molecule has 7 aromatic rings. The van der Waals surface area contributed by atoms with Crippen LogP contribution in [0.3, 0.4) is 0 Å². The molecular formula is C46H38ClF4N9O6. The van der Waals surface area contributed by atoms with Crippen molar-refractivity contribution in [2.75, 3.05) is 16.0 Å². The predicted octanol–water partition coefficient (Wildman–Crippen LogP) is 12.2. The highest BCUT2D eigenvalue weighted by molar-refractivity contribution is 6.30. The van der Waals surface area contributed by atoms with Crippen LogP contribution in [0.5, 0.6) is 11.5 Å². The van der Waals surface area contributed by atoms with Gasteiger partial charge in [-0.15, -0.1) is 0 Å². The number of nitriles is 2. The van der Waals surface area contributed by atoms with Gasteiger partial charge in [0.2, 0.25) is 0 Å². The molecule has 0 amide bonds. The molecule has 5 heterocycles. The molecule has 66 heavy (non-hydrogen) atoms. The lowest BCUT2D eigenvalue weighted by Gasteiger charge is -2.32. The molecule has 0 aliphatic carbocycles. The molecule has 0 bridgehead atoms. The van der Waals surface area contributed by atoms with Crippen LogP contribution < -0.4 is 25.4 Å². The second kappa shape index (κ2) is 17.5. The lowest BCUT2D eigenvalue weighted by atomic mass is 10.2. The van der Waals surface area contributed by atoms with Crippen molar-refractivity contribution >= 4 is 80.0 Å². The summed E-state index contributed by atoms with van der Waals surface area (Å²) in [6, 6.07) is 27.8. The third-order valence-electron chi connectivity index (χ3n) is 9.00. The van der Waals surface area contributed by atoms with Crippen LogP contribution in [-0.4, -0.2) is 54.7 Å². The first-order valence-electron chi connectivity index (χ1n) is 19.8. The molecular weight excluding hydrogens is 886 g/mol. The van der Waals surface area contributed by atoms with Crippen molar-refractivity contribution in [3.63, 3.8) is 0 Å². The molecule has 0 saturated carbocycles. The monoisotopic (exact) mass is 923 g/mol. The van der Waals surface area contributed by atoms with Crippen molar-refractivity contribution < 1.29 is 46.1 Å². The summed E-state index contributed by atoms with van der Waals surface area (Å²) in [5, 5.41) is 29.7. The number of nitrogens with one attached hydrogen (secondary N) is 3. The summed E-state index contributed by atoms with van der Waals surface area (Å²) in [5.74, 6) is -0.443. The minimum atomic E-state index is -4.86. The Balaban J connectivity index is 0.000000215. The Labute approximate surface area is 379 Å². The molecule has 4 aromatic heterocycles. The second-order valence-corrected chi connectivity index (χ2v) is 17.0. The zero-order valence-corrected chi connectivity index (χ0v) is 36.6. The number of benzene rings is 3. The minimum Gasteiger partial charge on any atom is -0.443 e. The van der Waals surface area contributed by atoms with Gasteiger partial charge < -0.3 is 34.9 Å². The van der Waals surface area contributed by atoms with Crippen LogP contribution in [0.15, 0.2) is 103 Å². The number of carbonyl (C=O) groups excluding carboxylic acids is 2. The summed E-state index contributed by atoms with van der Waals surface area (Å²) < 4.78 is 76.1. The molecule has 0 atom stereocenters. The van der Waals surface area contributed by atoms with E-state index in [0.29, 0.717) is 38.9 Å². The molecule has 3 aromatic carbocycles. The van der Waals surface area contributed by atoms with Crippen LogP contribution in [0.2, 0.25) is 5.02 Å². The van der Waals surface area contributed by atoms with Crippen LogP contribution in [0.25, 0.3) is 21.8 Å². The van der Waals surface area contributed by atoms with E-state index in [1.807, 2.05) is 57.2 Å². The van der Waals surface area contributed by atoms with E-state index in [4.69, 9.17) is 26.3 Å². The van der Waals surface area contributed by atoms with E-state index in [-0.39, 0.29) is 22.9 Å². The Morgan fingerprint density at radius 1 is 0.606 bits per heavy atom. The Morgan fingerprint density at radius 3 is 1.56 bits per heavy atom. The largest absolute Gasteiger partial charge is 0.507 e. The van der Waals surface area contributed by atoms with Gasteiger partial charge in [0.05, 0.1) is 11.0 Å². The van der Waals surface area contributed by atoms with E-state index in [1.165, 1.54) is 33.4 Å². The summed E-state index contributed by atoms with van der Waals surface area (Å²) in [6.07, 6.45) is -7.39. The Kier molecular flexibility index (Phi) is 12.2. The summed E-state index contributed by atoms with van der Waals surface area (Å²) in [7, 11) is 0. The van der Waals surface area contributed by atoms with Gasteiger partial charge in [-0.3, -0.25) is 9.13 Å². The van der Waals surface area contributed by atoms with E-state index in [0.717, 1.165) is 22.9 Å². The van der Waals surface area contributed by atoms with Gasteiger partial charge >= 0.3 is 24.4 Å². The Morgan fingerprint density at radius 2 is 1.06 bits per heavy atom. The van der Waals surface area contributed by atoms with Crippen LogP contribution in [-0.2, 0) is 9.47 Å². The van der Waals surface area contributed by atoms with Gasteiger partial charge in [0, 0.05) is 63.1 Å². The van der Waals surface area contributed by atoms with E-state index < -0.39 is 47.1 Å². The normalized spacial score (nSPS) is 13.7. The van der Waals surface area contributed by atoms with Gasteiger partial charge in [-0.1, -0.05) is 23.7 Å². The molecule has 1 aliphatic rings. The van der Waals surface area contributed by atoms with Crippen molar-refractivity contribution in [2.45, 2.75) is 65.0 Å². The second-order valence-electron chi connectivity index (χ2n) is 16.6. The molecule has 3 N–H and O–H groups in total. The fraction of sp³-hybridized carbons (Fsp3) is 0.217. The smallest absolute Gasteiger partial charge is 0.443 e. The van der Waals surface area contributed by atoms with Gasteiger partial charge in [-0.05, 0) is 108 Å². The number of ether oxygens (including phenoxy) is 4. The molecule has 20 heteroatoms. The lowest BCUT2D eigenvalue weighted by Crippen LogP contribution is -2.52. The number of aromatic nitrogens is 4. The third-order valence-corrected chi connectivity index (χ3v) is 9.22. The fourth-order valence-electron chi connectivity index (χ4n) is 6.30. The van der Waals surface area contributed by atoms with Gasteiger partial charge in [-0.2, -0.15) is 28.1 Å². The van der Waals surface area contributed by atoms with E-state index >= 15 is 0 Å². The minimum absolute atomic E-state index is 0.0226. The molecule has 0 saturated heterocycles. The Hall–Kier alpha value is -8.03. The van der Waals surface area contributed by atoms with Gasteiger partial charge in [-0.25, -0.2) is 19.6 Å². The standard InChI is InChI=1S/C27H21F4N5O4.C19H17ClN4O2/c1-25(2,3)40-24(37)36-9-8-15-4-5-16(11-20(15)36)34-23-13-18(10-19(14-32)35-23)33-17-6-7-21-22(12-17)39-27(30,31)26(28,29)38-21;1-19(2,3)26-18(25)24-7-6-12-4-5-14(10-16(12)24)22-17-9-13(20)8-15(11-21)23-17/h4-13H,1-3H3,(H2,33,34,35);4-10H,1-3H3,(H,22,23). The number of fused-ring (bicyclic) bond motifs is 3. The molecule has 8 rings (SSSR count). The van der Waals surface area contributed by atoms with Crippen molar-refractivity contribution in [1.82, 2.24) is 19.1 Å². The van der Waals surface area contributed by atoms with Crippen molar-refractivity contribution in [2.24, 2.45) is 0 Å². The van der Waals surface area contributed by atoms with Crippen LogP contribution in [0.4, 0.5) is 61.5 Å². The molecule has 0 unspecified atom stereocenters. The number of pyridine rings is 2.